The lowest BCUT2D eigenvalue weighted by molar-refractivity contribution is 0.921. The van der Waals surface area contributed by atoms with E-state index in [0.29, 0.717) is 0 Å². The van der Waals surface area contributed by atoms with Crippen molar-refractivity contribution in [1.29, 1.82) is 0 Å². The average Bonchev–Trinajstić information content (AvgIpc) is 2.99. The van der Waals surface area contributed by atoms with Gasteiger partial charge in [0.15, 0.2) is 0 Å². The average molecular weight is 348 g/mol. The van der Waals surface area contributed by atoms with Gasteiger partial charge in [0.2, 0.25) is 0 Å². The Balaban J connectivity index is 1.72. The normalized spacial score (nSPS) is 14.5. The zero-order chi connectivity index (χ0) is 14.7. The molecule has 5 nitrogen and oxygen atoms in total. The van der Waals surface area contributed by atoms with Crippen molar-refractivity contribution < 1.29 is 0 Å². The molecule has 1 aliphatic rings. The van der Waals surface area contributed by atoms with Crippen molar-refractivity contribution >= 4 is 27.6 Å². The number of aromatic nitrogens is 3. The van der Waals surface area contributed by atoms with Gasteiger partial charge in [-0.1, -0.05) is 0 Å². The molecule has 0 aromatic carbocycles. The molecule has 0 amide bonds. The molecule has 0 spiro atoms. The molecule has 0 unspecified atom stereocenters. The lowest BCUT2D eigenvalue weighted by Gasteiger charge is -2.18. The Morgan fingerprint density at radius 3 is 2.76 bits per heavy atom. The van der Waals surface area contributed by atoms with Gasteiger partial charge in [-0.2, -0.15) is 0 Å². The number of nitrogens with one attached hydrogen (secondary N) is 1. The second-order valence-corrected chi connectivity index (χ2v) is 6.06. The summed E-state index contributed by atoms with van der Waals surface area (Å²) in [6, 6.07) is 4.27. The Morgan fingerprint density at radius 1 is 1.19 bits per heavy atom. The van der Waals surface area contributed by atoms with Crippen LogP contribution in [0.4, 0.5) is 11.6 Å². The third-order valence-corrected chi connectivity index (χ3v) is 3.89. The fourth-order valence-electron chi connectivity index (χ4n) is 2.55. The number of pyridine rings is 1. The van der Waals surface area contributed by atoms with Crippen molar-refractivity contribution in [1.82, 2.24) is 15.0 Å². The van der Waals surface area contributed by atoms with E-state index in [0.717, 1.165) is 41.6 Å². The molecule has 1 aliphatic heterocycles. The number of aryl methyl sites for hydroxylation is 1. The molecule has 0 bridgehead atoms. The first-order chi connectivity index (χ1) is 10.2. The Hall–Kier alpha value is -1.69. The molecule has 110 valence electrons. The largest absolute Gasteiger partial charge is 0.365 e. The molecule has 3 rings (SSSR count). The van der Waals surface area contributed by atoms with Gasteiger partial charge in [-0.3, -0.25) is 4.98 Å². The fourth-order valence-corrected chi connectivity index (χ4v) is 2.86. The van der Waals surface area contributed by atoms with Crippen LogP contribution in [0.25, 0.3) is 0 Å². The number of nitrogens with zero attached hydrogens (tertiary/aromatic N) is 4. The molecule has 0 radical (unpaired) electrons. The van der Waals surface area contributed by atoms with Crippen LogP contribution in [0.5, 0.6) is 0 Å². The summed E-state index contributed by atoms with van der Waals surface area (Å²) in [6.07, 6.45) is 5.92. The second kappa shape index (κ2) is 6.39. The van der Waals surface area contributed by atoms with Gasteiger partial charge in [0.1, 0.15) is 16.2 Å². The highest BCUT2D eigenvalue weighted by atomic mass is 79.9. The SMILES string of the molecule is Cc1cc(CNc2cncc(Br)n2)cc(N2CCCC2)n1. The summed E-state index contributed by atoms with van der Waals surface area (Å²) < 4.78 is 0.733. The lowest BCUT2D eigenvalue weighted by atomic mass is 10.2. The van der Waals surface area contributed by atoms with E-state index in [1.54, 1.807) is 12.4 Å². The quantitative estimate of drug-likeness (QED) is 0.920. The van der Waals surface area contributed by atoms with E-state index >= 15 is 0 Å². The molecule has 0 atom stereocenters. The van der Waals surface area contributed by atoms with Gasteiger partial charge in [0.05, 0.1) is 12.4 Å². The van der Waals surface area contributed by atoms with E-state index in [1.807, 2.05) is 6.92 Å². The summed E-state index contributed by atoms with van der Waals surface area (Å²) >= 11 is 3.33. The molecular weight excluding hydrogens is 330 g/mol. The van der Waals surface area contributed by atoms with E-state index in [2.05, 4.69) is 53.2 Å². The van der Waals surface area contributed by atoms with Gasteiger partial charge in [-0.15, -0.1) is 0 Å². The van der Waals surface area contributed by atoms with Crippen LogP contribution in [0.3, 0.4) is 0 Å². The zero-order valence-corrected chi connectivity index (χ0v) is 13.6. The van der Waals surface area contributed by atoms with Crippen LogP contribution in [0.2, 0.25) is 0 Å². The molecule has 2 aromatic rings. The van der Waals surface area contributed by atoms with E-state index in [1.165, 1.54) is 18.4 Å². The number of hydrogen-bond acceptors (Lipinski definition) is 5. The molecular formula is C15H18BrN5. The van der Waals surface area contributed by atoms with Gasteiger partial charge in [-0.05, 0) is 53.4 Å². The van der Waals surface area contributed by atoms with Crippen molar-refractivity contribution in [3.8, 4) is 0 Å². The Labute approximate surface area is 133 Å². The summed E-state index contributed by atoms with van der Waals surface area (Å²) in [5.41, 5.74) is 2.27. The first kappa shape index (κ1) is 14.3. The molecule has 0 aliphatic carbocycles. The number of rotatable bonds is 4. The van der Waals surface area contributed by atoms with E-state index < -0.39 is 0 Å². The predicted molar refractivity (Wildman–Crippen MR) is 87.5 cm³/mol. The van der Waals surface area contributed by atoms with E-state index in [9.17, 15) is 0 Å². The van der Waals surface area contributed by atoms with Crippen molar-refractivity contribution in [2.24, 2.45) is 0 Å². The van der Waals surface area contributed by atoms with Gasteiger partial charge < -0.3 is 10.2 Å². The third-order valence-electron chi connectivity index (χ3n) is 3.51. The summed E-state index contributed by atoms with van der Waals surface area (Å²) in [4.78, 5) is 15.4. The van der Waals surface area contributed by atoms with Gasteiger partial charge in [0, 0.05) is 25.3 Å². The monoisotopic (exact) mass is 347 g/mol. The van der Waals surface area contributed by atoms with Crippen LogP contribution in [-0.2, 0) is 6.54 Å². The molecule has 21 heavy (non-hydrogen) atoms. The van der Waals surface area contributed by atoms with Gasteiger partial charge in [0.25, 0.3) is 0 Å². The Morgan fingerprint density at radius 2 is 2.00 bits per heavy atom. The van der Waals surface area contributed by atoms with E-state index in [-0.39, 0.29) is 0 Å². The summed E-state index contributed by atoms with van der Waals surface area (Å²) in [7, 11) is 0. The van der Waals surface area contributed by atoms with Crippen LogP contribution in [0.15, 0.2) is 29.1 Å². The van der Waals surface area contributed by atoms with Crippen LogP contribution < -0.4 is 10.2 Å². The minimum Gasteiger partial charge on any atom is -0.365 e. The summed E-state index contributed by atoms with van der Waals surface area (Å²) in [6.45, 7) is 4.98. The van der Waals surface area contributed by atoms with Crippen LogP contribution >= 0.6 is 15.9 Å². The second-order valence-electron chi connectivity index (χ2n) is 5.25. The van der Waals surface area contributed by atoms with Crippen molar-refractivity contribution in [2.45, 2.75) is 26.3 Å². The Kier molecular flexibility index (Phi) is 4.34. The molecule has 1 fully saturated rings. The number of anilines is 2. The highest BCUT2D eigenvalue weighted by molar-refractivity contribution is 9.10. The molecule has 0 saturated carbocycles. The van der Waals surface area contributed by atoms with E-state index in [4.69, 9.17) is 0 Å². The minimum atomic E-state index is 0.718. The Bertz CT molecular complexity index is 625. The summed E-state index contributed by atoms with van der Waals surface area (Å²) in [5, 5.41) is 3.30. The van der Waals surface area contributed by atoms with Gasteiger partial charge >= 0.3 is 0 Å². The van der Waals surface area contributed by atoms with Crippen molar-refractivity contribution in [3.63, 3.8) is 0 Å². The van der Waals surface area contributed by atoms with Crippen LogP contribution in [-0.4, -0.2) is 28.0 Å². The van der Waals surface area contributed by atoms with Crippen molar-refractivity contribution in [3.05, 3.63) is 40.4 Å². The minimum absolute atomic E-state index is 0.718. The van der Waals surface area contributed by atoms with Crippen molar-refractivity contribution in [2.75, 3.05) is 23.3 Å². The molecule has 3 heterocycles. The number of halogens is 1. The molecule has 1 N–H and O–H groups in total. The lowest BCUT2D eigenvalue weighted by Crippen LogP contribution is -2.19. The first-order valence-corrected chi connectivity index (χ1v) is 7.94. The van der Waals surface area contributed by atoms with Crippen LogP contribution in [0.1, 0.15) is 24.1 Å². The smallest absolute Gasteiger partial charge is 0.146 e. The zero-order valence-electron chi connectivity index (χ0n) is 12.0. The summed E-state index contributed by atoms with van der Waals surface area (Å²) in [5.74, 6) is 1.85. The highest BCUT2D eigenvalue weighted by Gasteiger charge is 2.14. The maximum Gasteiger partial charge on any atom is 0.146 e. The molecule has 2 aromatic heterocycles. The predicted octanol–water partition coefficient (Wildman–Crippen LogP) is 3.15. The third kappa shape index (κ3) is 3.69. The van der Waals surface area contributed by atoms with Gasteiger partial charge in [-0.25, -0.2) is 9.97 Å². The standard InChI is InChI=1S/C15H18BrN5/c1-11-6-12(7-15(19-11)21-4-2-3-5-21)8-18-14-10-17-9-13(16)20-14/h6-7,9-10H,2-5,8H2,1H3,(H,18,20). The maximum absolute atomic E-state index is 4.65. The topological polar surface area (TPSA) is 53.9 Å². The molecule has 1 saturated heterocycles. The molecule has 6 heteroatoms. The fraction of sp³-hybridized carbons (Fsp3) is 0.400. The first-order valence-electron chi connectivity index (χ1n) is 7.15. The highest BCUT2D eigenvalue weighted by Crippen LogP contribution is 2.20. The maximum atomic E-state index is 4.65. The number of hydrogen-bond donors (Lipinski definition) is 1. The van der Waals surface area contributed by atoms with Crippen LogP contribution in [0, 0.1) is 6.92 Å².